The van der Waals surface area contributed by atoms with Gasteiger partial charge in [0.05, 0.1) is 7.11 Å². The van der Waals surface area contributed by atoms with Gasteiger partial charge in [0.15, 0.2) is 0 Å². The molecular weight excluding hydrogens is 328 g/mol. The van der Waals surface area contributed by atoms with Crippen molar-refractivity contribution >= 4 is 15.9 Å². The number of nitrogens with zero attached hydrogens (tertiary/aromatic N) is 1. The number of rotatable bonds is 5. The summed E-state index contributed by atoms with van der Waals surface area (Å²) in [7, 11) is 0.620. The Bertz CT molecular complexity index is 693. The Morgan fingerprint density at radius 2 is 1.83 bits per heavy atom. The molecule has 0 saturated heterocycles. The summed E-state index contributed by atoms with van der Waals surface area (Å²) in [5.74, 6) is 0.690. The van der Waals surface area contributed by atoms with E-state index in [0.29, 0.717) is 11.5 Å². The number of sulfonamides is 1. The first-order chi connectivity index (χ1) is 11.3. The maximum Gasteiger partial charge on any atom is 0.251 e. The third-order valence-corrected chi connectivity index (χ3v) is 6.37. The summed E-state index contributed by atoms with van der Waals surface area (Å²) in [6.07, 6.45) is 4.14. The summed E-state index contributed by atoms with van der Waals surface area (Å²) in [6.45, 7) is 2.22. The van der Waals surface area contributed by atoms with Gasteiger partial charge in [0, 0.05) is 25.7 Å². The van der Waals surface area contributed by atoms with E-state index in [-0.39, 0.29) is 22.6 Å². The molecule has 1 aliphatic carbocycles. The number of carbonyl (C=O) groups excluding carboxylic acids is 1. The van der Waals surface area contributed by atoms with Crippen LogP contribution in [0.5, 0.6) is 5.75 Å². The van der Waals surface area contributed by atoms with E-state index in [9.17, 15) is 13.2 Å². The summed E-state index contributed by atoms with van der Waals surface area (Å²) in [4.78, 5) is 12.5. The Balaban J connectivity index is 2.23. The summed E-state index contributed by atoms with van der Waals surface area (Å²) in [5.41, 5.74) is 0.329. The number of benzene rings is 1. The third-order valence-electron chi connectivity index (χ3n) is 4.54. The lowest BCUT2D eigenvalue weighted by molar-refractivity contribution is 0.0922. The van der Waals surface area contributed by atoms with E-state index in [1.807, 2.05) is 0 Å². The van der Waals surface area contributed by atoms with E-state index < -0.39 is 10.0 Å². The number of nitrogens with one attached hydrogen (secondary N) is 1. The molecule has 1 amide bonds. The van der Waals surface area contributed by atoms with E-state index in [1.54, 1.807) is 6.07 Å². The molecular formula is C17H26N2O4S. The van der Waals surface area contributed by atoms with Crippen molar-refractivity contribution in [1.29, 1.82) is 0 Å². The Morgan fingerprint density at radius 1 is 1.21 bits per heavy atom. The van der Waals surface area contributed by atoms with Crippen molar-refractivity contribution < 1.29 is 17.9 Å². The van der Waals surface area contributed by atoms with Gasteiger partial charge in [-0.3, -0.25) is 4.79 Å². The van der Waals surface area contributed by atoms with Crippen LogP contribution >= 0.6 is 0 Å². The van der Waals surface area contributed by atoms with E-state index in [0.717, 1.165) is 30.0 Å². The zero-order valence-electron chi connectivity index (χ0n) is 14.7. The second kappa shape index (κ2) is 7.53. The van der Waals surface area contributed by atoms with Crippen LogP contribution in [0.2, 0.25) is 0 Å². The maximum absolute atomic E-state index is 12.5. The normalized spacial score (nSPS) is 21.5. The van der Waals surface area contributed by atoms with Crippen LogP contribution in [0.15, 0.2) is 23.1 Å². The van der Waals surface area contributed by atoms with Crippen LogP contribution in [0.1, 0.15) is 43.0 Å². The molecule has 7 heteroatoms. The van der Waals surface area contributed by atoms with Gasteiger partial charge < -0.3 is 10.1 Å². The van der Waals surface area contributed by atoms with E-state index >= 15 is 0 Å². The Labute approximate surface area is 144 Å². The first-order valence-electron chi connectivity index (χ1n) is 8.17. The number of hydrogen-bond acceptors (Lipinski definition) is 4. The second-order valence-electron chi connectivity index (χ2n) is 6.58. The van der Waals surface area contributed by atoms with Gasteiger partial charge in [-0.25, -0.2) is 12.7 Å². The lowest BCUT2D eigenvalue weighted by Gasteiger charge is -2.27. The molecule has 0 radical (unpaired) electrons. The number of hydrogen-bond donors (Lipinski definition) is 1. The van der Waals surface area contributed by atoms with E-state index in [4.69, 9.17) is 4.74 Å². The molecule has 0 heterocycles. The van der Waals surface area contributed by atoms with Gasteiger partial charge in [0.1, 0.15) is 10.6 Å². The van der Waals surface area contributed by atoms with Crippen molar-refractivity contribution in [3.05, 3.63) is 23.8 Å². The van der Waals surface area contributed by atoms with Crippen molar-refractivity contribution in [2.45, 2.75) is 43.5 Å². The fourth-order valence-corrected chi connectivity index (χ4v) is 3.96. The summed E-state index contributed by atoms with van der Waals surface area (Å²) < 4.78 is 31.1. The van der Waals surface area contributed by atoms with Crippen molar-refractivity contribution in [3.8, 4) is 5.75 Å². The minimum absolute atomic E-state index is 0.0000774. The molecule has 0 aliphatic heterocycles. The molecule has 0 spiro atoms. The lowest BCUT2D eigenvalue weighted by Crippen LogP contribution is -2.37. The zero-order valence-corrected chi connectivity index (χ0v) is 15.5. The number of amides is 1. The topological polar surface area (TPSA) is 75.7 Å². The van der Waals surface area contributed by atoms with Gasteiger partial charge in [-0.05, 0) is 49.8 Å². The van der Waals surface area contributed by atoms with Crippen LogP contribution in [0.25, 0.3) is 0 Å². The van der Waals surface area contributed by atoms with Gasteiger partial charge in [-0.2, -0.15) is 0 Å². The molecule has 1 aromatic rings. The van der Waals surface area contributed by atoms with Gasteiger partial charge in [0.2, 0.25) is 10.0 Å². The largest absolute Gasteiger partial charge is 0.495 e. The molecule has 1 fully saturated rings. The predicted molar refractivity (Wildman–Crippen MR) is 92.8 cm³/mol. The molecule has 6 nitrogen and oxygen atoms in total. The Morgan fingerprint density at radius 3 is 2.38 bits per heavy atom. The van der Waals surface area contributed by atoms with Crippen molar-refractivity contribution in [1.82, 2.24) is 9.62 Å². The van der Waals surface area contributed by atoms with E-state index in [1.165, 1.54) is 33.3 Å². The first kappa shape index (κ1) is 18.7. The second-order valence-corrected chi connectivity index (χ2v) is 8.70. The van der Waals surface area contributed by atoms with Crippen LogP contribution in [0, 0.1) is 5.92 Å². The maximum atomic E-state index is 12.5. The third kappa shape index (κ3) is 4.08. The molecule has 0 aromatic heterocycles. The fraction of sp³-hybridized carbons (Fsp3) is 0.588. The van der Waals surface area contributed by atoms with E-state index in [2.05, 4.69) is 12.2 Å². The average Bonchev–Trinajstić information content (AvgIpc) is 2.56. The highest BCUT2D eigenvalue weighted by atomic mass is 32.2. The van der Waals surface area contributed by atoms with Crippen LogP contribution in [-0.4, -0.2) is 45.9 Å². The van der Waals surface area contributed by atoms with Crippen molar-refractivity contribution in [3.63, 3.8) is 0 Å². The van der Waals surface area contributed by atoms with Crippen LogP contribution < -0.4 is 10.1 Å². The lowest BCUT2D eigenvalue weighted by atomic mass is 9.87. The van der Waals surface area contributed by atoms with Crippen LogP contribution in [0.4, 0.5) is 0 Å². The zero-order chi connectivity index (χ0) is 17.9. The molecule has 1 N–H and O–H groups in total. The molecule has 0 atom stereocenters. The monoisotopic (exact) mass is 354 g/mol. The summed E-state index contributed by atoms with van der Waals surface area (Å²) >= 11 is 0. The minimum atomic E-state index is -3.69. The number of carbonyl (C=O) groups is 1. The highest BCUT2D eigenvalue weighted by Crippen LogP contribution is 2.27. The smallest absolute Gasteiger partial charge is 0.251 e. The molecule has 1 saturated carbocycles. The Hall–Kier alpha value is -1.60. The SMILES string of the molecule is COc1ccc(C(=O)NC2CCC(C)CC2)cc1S(=O)(=O)N(C)C. The number of methoxy groups -OCH3 is 1. The standard InChI is InChI=1S/C17H26N2O4S/c1-12-5-8-14(9-6-12)18-17(20)13-7-10-15(23-4)16(11-13)24(21,22)19(2)3/h7,10-12,14H,5-6,8-9H2,1-4H3,(H,18,20). The van der Waals surface area contributed by atoms with Crippen molar-refractivity contribution in [2.24, 2.45) is 5.92 Å². The molecule has 0 unspecified atom stereocenters. The van der Waals surface area contributed by atoms with Crippen LogP contribution in [-0.2, 0) is 10.0 Å². The Kier molecular flexibility index (Phi) is 5.87. The van der Waals surface area contributed by atoms with Gasteiger partial charge in [0.25, 0.3) is 5.91 Å². The van der Waals surface area contributed by atoms with Gasteiger partial charge in [-0.1, -0.05) is 6.92 Å². The molecule has 1 aliphatic rings. The quantitative estimate of drug-likeness (QED) is 0.880. The fourth-order valence-electron chi connectivity index (χ4n) is 2.89. The average molecular weight is 354 g/mol. The molecule has 0 bridgehead atoms. The van der Waals surface area contributed by atoms with Crippen molar-refractivity contribution in [2.75, 3.05) is 21.2 Å². The molecule has 24 heavy (non-hydrogen) atoms. The highest BCUT2D eigenvalue weighted by molar-refractivity contribution is 7.89. The summed E-state index contributed by atoms with van der Waals surface area (Å²) in [6, 6.07) is 4.65. The molecule has 1 aromatic carbocycles. The number of ether oxygens (including phenoxy) is 1. The summed E-state index contributed by atoms with van der Waals surface area (Å²) in [5, 5.41) is 3.01. The predicted octanol–water partition coefficient (Wildman–Crippen LogP) is 2.25. The van der Waals surface area contributed by atoms with Crippen LogP contribution in [0.3, 0.4) is 0 Å². The minimum Gasteiger partial charge on any atom is -0.495 e. The van der Waals surface area contributed by atoms with Gasteiger partial charge in [-0.15, -0.1) is 0 Å². The molecule has 134 valence electrons. The molecule has 2 rings (SSSR count). The van der Waals surface area contributed by atoms with Gasteiger partial charge >= 0.3 is 0 Å². The highest BCUT2D eigenvalue weighted by Gasteiger charge is 2.25. The first-order valence-corrected chi connectivity index (χ1v) is 9.61.